The molecule has 3 aromatic carbocycles. The van der Waals surface area contributed by atoms with Crippen LogP contribution in [-0.4, -0.2) is 22.1 Å². The first-order chi connectivity index (χ1) is 13.6. The average Bonchev–Trinajstić information content (AvgIpc) is 3.22. The largest absolute Gasteiger partial charge is 0.456 e. The molecule has 28 heavy (non-hydrogen) atoms. The van der Waals surface area contributed by atoms with E-state index in [1.807, 2.05) is 42.5 Å². The van der Waals surface area contributed by atoms with Crippen LogP contribution >= 0.6 is 0 Å². The SMILES string of the molecule is NC(=O)c1ccc(COC(=O)c2cc(-c3ccc4ccccc4c3)n[nH]2)cc1. The van der Waals surface area contributed by atoms with Crippen LogP contribution in [0.15, 0.2) is 72.8 Å². The first-order valence-corrected chi connectivity index (χ1v) is 8.70. The molecule has 6 heteroatoms. The maximum Gasteiger partial charge on any atom is 0.356 e. The fourth-order valence-corrected chi connectivity index (χ4v) is 2.91. The van der Waals surface area contributed by atoms with Crippen LogP contribution < -0.4 is 5.73 Å². The molecular weight excluding hydrogens is 354 g/mol. The number of hydrogen-bond donors (Lipinski definition) is 2. The van der Waals surface area contributed by atoms with Gasteiger partial charge in [0, 0.05) is 11.1 Å². The third-order valence-corrected chi connectivity index (χ3v) is 4.45. The van der Waals surface area contributed by atoms with Gasteiger partial charge in [-0.25, -0.2) is 4.79 Å². The van der Waals surface area contributed by atoms with E-state index in [4.69, 9.17) is 10.5 Å². The summed E-state index contributed by atoms with van der Waals surface area (Å²) >= 11 is 0. The van der Waals surface area contributed by atoms with Gasteiger partial charge in [0.05, 0.1) is 5.69 Å². The Kier molecular flexibility index (Phi) is 4.60. The molecule has 0 aliphatic rings. The molecule has 0 bridgehead atoms. The smallest absolute Gasteiger partial charge is 0.356 e. The second kappa shape index (κ2) is 7.36. The quantitative estimate of drug-likeness (QED) is 0.523. The summed E-state index contributed by atoms with van der Waals surface area (Å²) in [5, 5.41) is 9.20. The highest BCUT2D eigenvalue weighted by atomic mass is 16.5. The van der Waals surface area contributed by atoms with Crippen molar-refractivity contribution in [1.29, 1.82) is 0 Å². The summed E-state index contributed by atoms with van der Waals surface area (Å²) in [6, 6.07) is 22.3. The Labute approximate surface area is 160 Å². The summed E-state index contributed by atoms with van der Waals surface area (Å²) in [4.78, 5) is 23.4. The fourth-order valence-electron chi connectivity index (χ4n) is 2.91. The number of amides is 1. The van der Waals surface area contributed by atoms with Crippen molar-refractivity contribution in [3.05, 3.63) is 89.6 Å². The third kappa shape index (κ3) is 3.61. The lowest BCUT2D eigenvalue weighted by molar-refractivity contribution is 0.0465. The van der Waals surface area contributed by atoms with Gasteiger partial charge in [-0.1, -0.05) is 48.5 Å². The first-order valence-electron chi connectivity index (χ1n) is 8.70. The van der Waals surface area contributed by atoms with Gasteiger partial charge in [0.2, 0.25) is 5.91 Å². The van der Waals surface area contributed by atoms with E-state index in [1.165, 1.54) is 0 Å². The Bertz CT molecular complexity index is 1160. The number of carbonyl (C=O) groups excluding carboxylic acids is 2. The predicted octanol–water partition coefficient (Wildman–Crippen LogP) is 3.69. The van der Waals surface area contributed by atoms with Crippen LogP contribution in [0.1, 0.15) is 26.4 Å². The summed E-state index contributed by atoms with van der Waals surface area (Å²) in [7, 11) is 0. The molecule has 0 atom stereocenters. The highest BCUT2D eigenvalue weighted by Crippen LogP contribution is 2.23. The Morgan fingerprint density at radius 1 is 0.929 bits per heavy atom. The lowest BCUT2D eigenvalue weighted by Crippen LogP contribution is -2.11. The number of nitrogens with zero attached hydrogens (tertiary/aromatic N) is 1. The summed E-state index contributed by atoms with van der Waals surface area (Å²) < 4.78 is 5.31. The predicted molar refractivity (Wildman–Crippen MR) is 106 cm³/mol. The zero-order valence-electron chi connectivity index (χ0n) is 14.9. The third-order valence-electron chi connectivity index (χ3n) is 4.45. The van der Waals surface area contributed by atoms with Crippen LogP contribution in [0.4, 0.5) is 0 Å². The van der Waals surface area contributed by atoms with Gasteiger partial charge >= 0.3 is 5.97 Å². The van der Waals surface area contributed by atoms with Gasteiger partial charge in [0.1, 0.15) is 12.3 Å². The van der Waals surface area contributed by atoms with Crippen LogP contribution in [0, 0.1) is 0 Å². The van der Waals surface area contributed by atoms with Crippen molar-refractivity contribution in [2.45, 2.75) is 6.61 Å². The topological polar surface area (TPSA) is 98.1 Å². The molecule has 0 radical (unpaired) electrons. The van der Waals surface area contributed by atoms with E-state index >= 15 is 0 Å². The minimum Gasteiger partial charge on any atom is -0.456 e. The molecule has 0 saturated carbocycles. The number of hydrogen-bond acceptors (Lipinski definition) is 4. The summed E-state index contributed by atoms with van der Waals surface area (Å²) in [6.45, 7) is 0.0855. The maximum absolute atomic E-state index is 12.3. The maximum atomic E-state index is 12.3. The Morgan fingerprint density at radius 2 is 1.68 bits per heavy atom. The molecule has 0 saturated heterocycles. The molecule has 3 N–H and O–H groups in total. The normalized spacial score (nSPS) is 10.7. The van der Waals surface area contributed by atoms with Crippen molar-refractivity contribution in [2.75, 3.05) is 0 Å². The van der Waals surface area contributed by atoms with E-state index in [0.717, 1.165) is 21.9 Å². The Morgan fingerprint density at radius 3 is 2.43 bits per heavy atom. The number of nitrogens with two attached hydrogens (primary N) is 1. The standard InChI is InChI=1S/C22H17N3O3/c23-21(26)16-7-5-14(6-8-16)13-28-22(27)20-12-19(24-25-20)18-10-9-15-3-1-2-4-17(15)11-18/h1-12H,13H2,(H2,23,26)(H,24,25). The molecule has 4 rings (SSSR count). The number of H-pyrrole nitrogens is 1. The molecule has 1 amide bonds. The van der Waals surface area contributed by atoms with E-state index in [1.54, 1.807) is 30.3 Å². The molecule has 1 heterocycles. The summed E-state index contributed by atoms with van der Waals surface area (Å²) in [5.41, 5.74) is 8.23. The van der Waals surface area contributed by atoms with Crippen molar-refractivity contribution in [3.8, 4) is 11.3 Å². The number of carbonyl (C=O) groups is 2. The van der Waals surface area contributed by atoms with Crippen LogP contribution in [0.5, 0.6) is 0 Å². The van der Waals surface area contributed by atoms with E-state index in [0.29, 0.717) is 11.3 Å². The number of nitrogens with one attached hydrogen (secondary N) is 1. The van der Waals surface area contributed by atoms with Crippen molar-refractivity contribution < 1.29 is 14.3 Å². The molecule has 0 fully saturated rings. The average molecular weight is 371 g/mol. The molecule has 0 aliphatic carbocycles. The molecule has 0 spiro atoms. The van der Waals surface area contributed by atoms with Gasteiger partial charge in [-0.3, -0.25) is 9.89 Å². The Balaban J connectivity index is 1.45. The minimum absolute atomic E-state index is 0.0855. The van der Waals surface area contributed by atoms with Crippen LogP contribution in [-0.2, 0) is 11.3 Å². The molecule has 0 aliphatic heterocycles. The van der Waals surface area contributed by atoms with Gasteiger partial charge in [0.25, 0.3) is 0 Å². The zero-order valence-corrected chi connectivity index (χ0v) is 14.9. The van der Waals surface area contributed by atoms with E-state index in [2.05, 4.69) is 10.2 Å². The van der Waals surface area contributed by atoms with Crippen molar-refractivity contribution in [2.24, 2.45) is 5.73 Å². The van der Waals surface area contributed by atoms with Crippen molar-refractivity contribution >= 4 is 22.6 Å². The van der Waals surface area contributed by atoms with Crippen molar-refractivity contribution in [3.63, 3.8) is 0 Å². The van der Waals surface area contributed by atoms with Gasteiger partial charge in [-0.05, 0) is 40.6 Å². The van der Waals surface area contributed by atoms with Crippen LogP contribution in [0.2, 0.25) is 0 Å². The monoisotopic (exact) mass is 371 g/mol. The van der Waals surface area contributed by atoms with E-state index in [9.17, 15) is 9.59 Å². The van der Waals surface area contributed by atoms with Crippen LogP contribution in [0.25, 0.3) is 22.0 Å². The molecule has 0 unspecified atom stereocenters. The molecule has 1 aromatic heterocycles. The van der Waals surface area contributed by atoms with Crippen LogP contribution in [0.3, 0.4) is 0 Å². The lowest BCUT2D eigenvalue weighted by Gasteiger charge is -2.04. The fraction of sp³-hybridized carbons (Fsp3) is 0.0455. The number of aromatic nitrogens is 2. The van der Waals surface area contributed by atoms with Gasteiger partial charge in [-0.2, -0.15) is 5.10 Å². The number of ether oxygens (including phenoxy) is 1. The molecule has 4 aromatic rings. The number of aromatic amines is 1. The Hall–Kier alpha value is -3.93. The zero-order chi connectivity index (χ0) is 19.5. The number of esters is 1. The highest BCUT2D eigenvalue weighted by molar-refractivity contribution is 5.93. The second-order valence-electron chi connectivity index (χ2n) is 6.37. The lowest BCUT2D eigenvalue weighted by atomic mass is 10.1. The summed E-state index contributed by atoms with van der Waals surface area (Å²) in [5.74, 6) is -0.999. The highest BCUT2D eigenvalue weighted by Gasteiger charge is 2.13. The summed E-state index contributed by atoms with van der Waals surface area (Å²) in [6.07, 6.45) is 0. The van der Waals surface area contributed by atoms with Gasteiger partial charge in [-0.15, -0.1) is 0 Å². The first kappa shape index (κ1) is 17.5. The van der Waals surface area contributed by atoms with Gasteiger partial charge < -0.3 is 10.5 Å². The van der Waals surface area contributed by atoms with Gasteiger partial charge in [0.15, 0.2) is 0 Å². The number of rotatable bonds is 5. The number of benzene rings is 3. The molecular formula is C22H17N3O3. The van der Waals surface area contributed by atoms with E-state index in [-0.39, 0.29) is 12.3 Å². The van der Waals surface area contributed by atoms with E-state index < -0.39 is 11.9 Å². The molecule has 138 valence electrons. The minimum atomic E-state index is -0.501. The number of fused-ring (bicyclic) bond motifs is 1. The molecule has 6 nitrogen and oxygen atoms in total. The van der Waals surface area contributed by atoms with Crippen molar-refractivity contribution in [1.82, 2.24) is 10.2 Å². The second-order valence-corrected chi connectivity index (χ2v) is 6.37. The number of primary amides is 1.